The first kappa shape index (κ1) is 17.1. The van der Waals surface area contributed by atoms with Crippen molar-refractivity contribution >= 4 is 11.2 Å². The Labute approximate surface area is 153 Å². The Bertz CT molecular complexity index is 1230. The van der Waals surface area contributed by atoms with Crippen LogP contribution < -0.4 is 5.69 Å². The van der Waals surface area contributed by atoms with E-state index in [4.69, 9.17) is 0 Å². The maximum Gasteiger partial charge on any atom is 0.327 e. The van der Waals surface area contributed by atoms with E-state index in [1.807, 2.05) is 13.0 Å². The van der Waals surface area contributed by atoms with Gasteiger partial charge < -0.3 is 0 Å². The van der Waals surface area contributed by atoms with Crippen LogP contribution in [0.4, 0.5) is 8.78 Å². The SMILES string of the molecule is Cc1ccncc1Cn1c(=O)[nH]c2ncc(-c3ccc(F)c(C)c3F)cc21. The first-order valence-corrected chi connectivity index (χ1v) is 8.38. The fraction of sp³-hybridized carbons (Fsp3) is 0.150. The molecular weight excluding hydrogens is 350 g/mol. The summed E-state index contributed by atoms with van der Waals surface area (Å²) in [4.78, 5) is 23.4. The van der Waals surface area contributed by atoms with Gasteiger partial charge in [-0.1, -0.05) is 0 Å². The number of fused-ring (bicyclic) bond motifs is 1. The number of nitrogens with zero attached hydrogens (tertiary/aromatic N) is 3. The Hall–Kier alpha value is -3.35. The third kappa shape index (κ3) is 2.91. The van der Waals surface area contributed by atoms with Crippen LogP contribution in [0.5, 0.6) is 0 Å². The first-order chi connectivity index (χ1) is 13.0. The van der Waals surface area contributed by atoms with Crippen molar-refractivity contribution < 1.29 is 8.78 Å². The van der Waals surface area contributed by atoms with E-state index < -0.39 is 11.6 Å². The van der Waals surface area contributed by atoms with Gasteiger partial charge in [0.2, 0.25) is 0 Å². The molecule has 0 atom stereocenters. The molecule has 5 nitrogen and oxygen atoms in total. The summed E-state index contributed by atoms with van der Waals surface area (Å²) in [5, 5.41) is 0. The smallest absolute Gasteiger partial charge is 0.290 e. The lowest BCUT2D eigenvalue weighted by atomic mass is 10.0. The highest BCUT2D eigenvalue weighted by Gasteiger charge is 2.15. The van der Waals surface area contributed by atoms with Crippen LogP contribution in [0.25, 0.3) is 22.3 Å². The van der Waals surface area contributed by atoms with Crippen molar-refractivity contribution in [1.29, 1.82) is 0 Å². The minimum absolute atomic E-state index is 0.0509. The van der Waals surface area contributed by atoms with Crippen molar-refractivity contribution in [2.24, 2.45) is 0 Å². The third-order valence-electron chi connectivity index (χ3n) is 4.74. The van der Waals surface area contributed by atoms with Crippen molar-refractivity contribution in [3.63, 3.8) is 0 Å². The van der Waals surface area contributed by atoms with E-state index in [1.54, 1.807) is 18.5 Å². The van der Waals surface area contributed by atoms with Crippen LogP contribution in [-0.2, 0) is 6.54 Å². The molecule has 0 saturated heterocycles. The van der Waals surface area contributed by atoms with E-state index in [0.29, 0.717) is 23.3 Å². The van der Waals surface area contributed by atoms with Crippen molar-refractivity contribution in [1.82, 2.24) is 19.5 Å². The maximum atomic E-state index is 14.5. The predicted octanol–water partition coefficient (Wildman–Crippen LogP) is 3.73. The lowest BCUT2D eigenvalue weighted by Crippen LogP contribution is -2.17. The summed E-state index contributed by atoms with van der Waals surface area (Å²) in [6.45, 7) is 3.64. The summed E-state index contributed by atoms with van der Waals surface area (Å²) in [7, 11) is 0. The maximum absolute atomic E-state index is 14.5. The number of halogens is 2. The van der Waals surface area contributed by atoms with Gasteiger partial charge in [0.1, 0.15) is 11.6 Å². The number of rotatable bonds is 3. The average Bonchev–Trinajstić information content (AvgIpc) is 2.96. The molecule has 3 heterocycles. The van der Waals surface area contributed by atoms with Crippen LogP contribution in [0.1, 0.15) is 16.7 Å². The normalized spacial score (nSPS) is 11.3. The molecule has 4 rings (SSSR count). The summed E-state index contributed by atoms with van der Waals surface area (Å²) in [6, 6.07) is 6.15. The Balaban J connectivity index is 1.87. The highest BCUT2D eigenvalue weighted by Crippen LogP contribution is 2.27. The molecule has 27 heavy (non-hydrogen) atoms. The van der Waals surface area contributed by atoms with E-state index in [-0.39, 0.29) is 16.8 Å². The minimum atomic E-state index is -0.635. The molecule has 0 aliphatic heterocycles. The molecule has 7 heteroatoms. The number of aromatic nitrogens is 4. The molecule has 0 spiro atoms. The Morgan fingerprint density at radius 3 is 2.74 bits per heavy atom. The Morgan fingerprint density at radius 2 is 1.96 bits per heavy atom. The fourth-order valence-corrected chi connectivity index (χ4v) is 3.05. The quantitative estimate of drug-likeness (QED) is 0.601. The zero-order valence-corrected chi connectivity index (χ0v) is 14.8. The van der Waals surface area contributed by atoms with Gasteiger partial charge in [0.05, 0.1) is 12.1 Å². The van der Waals surface area contributed by atoms with Crippen molar-refractivity contribution in [3.05, 3.63) is 81.7 Å². The highest BCUT2D eigenvalue weighted by atomic mass is 19.1. The molecule has 1 aromatic carbocycles. The van der Waals surface area contributed by atoms with Crippen LogP contribution in [-0.4, -0.2) is 19.5 Å². The van der Waals surface area contributed by atoms with Gasteiger partial charge in [-0.25, -0.2) is 18.6 Å². The van der Waals surface area contributed by atoms with Gasteiger partial charge in [0, 0.05) is 35.3 Å². The number of H-pyrrole nitrogens is 1. The zero-order chi connectivity index (χ0) is 19.1. The van der Waals surface area contributed by atoms with Gasteiger partial charge in [-0.15, -0.1) is 0 Å². The number of aromatic amines is 1. The molecular formula is C20H16F2N4O. The Kier molecular flexibility index (Phi) is 4.07. The molecule has 0 amide bonds. The molecule has 1 N–H and O–H groups in total. The highest BCUT2D eigenvalue weighted by molar-refractivity contribution is 5.78. The molecule has 136 valence electrons. The summed E-state index contributed by atoms with van der Waals surface area (Å²) in [6.07, 6.45) is 4.87. The molecule has 0 aliphatic rings. The van der Waals surface area contributed by atoms with Gasteiger partial charge in [-0.2, -0.15) is 0 Å². The third-order valence-corrected chi connectivity index (χ3v) is 4.74. The standard InChI is InChI=1S/C20H16F2N4O/c1-11-5-6-23-8-14(11)10-26-17-7-13(9-24-19(17)25-20(26)27)15-3-4-16(21)12(2)18(15)22/h3-9H,10H2,1-2H3,(H,24,25,27). The van der Waals surface area contributed by atoms with Crippen LogP contribution in [0, 0.1) is 25.5 Å². The number of hydrogen-bond acceptors (Lipinski definition) is 3. The molecule has 3 aromatic heterocycles. The minimum Gasteiger partial charge on any atom is -0.290 e. The largest absolute Gasteiger partial charge is 0.327 e. The molecule has 0 saturated carbocycles. The number of aryl methyl sites for hydroxylation is 1. The first-order valence-electron chi connectivity index (χ1n) is 8.38. The second kappa shape index (κ2) is 6.42. The number of benzene rings is 1. The molecule has 4 aromatic rings. The second-order valence-electron chi connectivity index (χ2n) is 6.44. The number of nitrogens with one attached hydrogen (secondary N) is 1. The van der Waals surface area contributed by atoms with E-state index in [2.05, 4.69) is 15.0 Å². The van der Waals surface area contributed by atoms with Gasteiger partial charge >= 0.3 is 5.69 Å². The monoisotopic (exact) mass is 366 g/mol. The molecule has 0 fully saturated rings. The lowest BCUT2D eigenvalue weighted by Gasteiger charge is -2.09. The lowest BCUT2D eigenvalue weighted by molar-refractivity contribution is 0.570. The van der Waals surface area contributed by atoms with Crippen molar-refractivity contribution in [3.8, 4) is 11.1 Å². The Morgan fingerprint density at radius 1 is 1.15 bits per heavy atom. The van der Waals surface area contributed by atoms with Crippen LogP contribution >= 0.6 is 0 Å². The average molecular weight is 366 g/mol. The fourth-order valence-electron chi connectivity index (χ4n) is 3.05. The number of imidazole rings is 1. The number of pyridine rings is 2. The van der Waals surface area contributed by atoms with Crippen molar-refractivity contribution in [2.45, 2.75) is 20.4 Å². The molecule has 0 unspecified atom stereocenters. The van der Waals surface area contributed by atoms with E-state index >= 15 is 0 Å². The van der Waals surface area contributed by atoms with E-state index in [9.17, 15) is 13.6 Å². The van der Waals surface area contributed by atoms with Gasteiger partial charge in [-0.3, -0.25) is 14.5 Å². The summed E-state index contributed by atoms with van der Waals surface area (Å²) in [5.41, 5.74) is 3.20. The van der Waals surface area contributed by atoms with E-state index in [1.165, 1.54) is 29.8 Å². The topological polar surface area (TPSA) is 63.6 Å². The summed E-state index contributed by atoms with van der Waals surface area (Å²) >= 11 is 0. The van der Waals surface area contributed by atoms with Crippen molar-refractivity contribution in [2.75, 3.05) is 0 Å². The van der Waals surface area contributed by atoms with Crippen LogP contribution in [0.3, 0.4) is 0 Å². The van der Waals surface area contributed by atoms with Gasteiger partial charge in [0.25, 0.3) is 0 Å². The van der Waals surface area contributed by atoms with Gasteiger partial charge in [-0.05, 0) is 49.2 Å². The number of hydrogen-bond donors (Lipinski definition) is 1. The van der Waals surface area contributed by atoms with E-state index in [0.717, 1.165) is 11.1 Å². The predicted molar refractivity (Wildman–Crippen MR) is 98.5 cm³/mol. The second-order valence-corrected chi connectivity index (χ2v) is 6.44. The van der Waals surface area contributed by atoms with Crippen LogP contribution in [0.2, 0.25) is 0 Å². The molecule has 0 bridgehead atoms. The zero-order valence-electron chi connectivity index (χ0n) is 14.8. The summed E-state index contributed by atoms with van der Waals surface area (Å²) < 4.78 is 29.6. The molecule has 0 aliphatic carbocycles. The molecule has 0 radical (unpaired) electrons. The van der Waals surface area contributed by atoms with Gasteiger partial charge in [0.15, 0.2) is 5.65 Å². The van der Waals surface area contributed by atoms with Crippen LogP contribution in [0.15, 0.2) is 47.7 Å². The summed E-state index contributed by atoms with van der Waals surface area (Å²) in [5.74, 6) is -1.24.